The lowest BCUT2D eigenvalue weighted by Crippen LogP contribution is -2.30. The van der Waals surface area contributed by atoms with Crippen LogP contribution in [0.5, 0.6) is 5.75 Å². The van der Waals surface area contributed by atoms with Crippen molar-refractivity contribution in [2.24, 2.45) is 0 Å². The van der Waals surface area contributed by atoms with Gasteiger partial charge in [0, 0.05) is 18.0 Å². The van der Waals surface area contributed by atoms with Crippen LogP contribution in [0, 0.1) is 0 Å². The van der Waals surface area contributed by atoms with Crippen LogP contribution in [0.25, 0.3) is 10.9 Å². The minimum atomic E-state index is -0.516. The van der Waals surface area contributed by atoms with E-state index in [0.717, 1.165) is 16.7 Å². The molecule has 94 valence electrons. The minimum absolute atomic E-state index is 0.119. The molecule has 1 aromatic carbocycles. The molecule has 0 amide bonds. The number of carbonyl (C=O) groups is 1. The molecule has 0 spiro atoms. The molecule has 0 N–H and O–H groups in total. The number of pyridine rings is 1. The Morgan fingerprint density at radius 1 is 1.28 bits per heavy atom. The quantitative estimate of drug-likeness (QED) is 0.826. The Labute approximate surface area is 107 Å². The molecular formula is C15H17NO2. The third-order valence-corrected chi connectivity index (χ3v) is 2.66. The van der Waals surface area contributed by atoms with E-state index in [4.69, 9.17) is 4.74 Å². The molecule has 3 heteroatoms. The number of aromatic nitrogens is 1. The lowest BCUT2D eigenvalue weighted by molar-refractivity contribution is -0.120. The van der Waals surface area contributed by atoms with Crippen LogP contribution in [-0.2, 0) is 4.79 Å². The molecule has 1 heterocycles. The summed E-state index contributed by atoms with van der Waals surface area (Å²) < 4.78 is 5.94. The average Bonchev–Trinajstić information content (AvgIpc) is 2.27. The predicted octanol–water partition coefficient (Wildman–Crippen LogP) is 3.37. The highest BCUT2D eigenvalue weighted by Gasteiger charge is 2.23. The Kier molecular flexibility index (Phi) is 3.32. The average molecular weight is 243 g/mol. The summed E-state index contributed by atoms with van der Waals surface area (Å²) in [5.74, 6) is 0.840. The summed E-state index contributed by atoms with van der Waals surface area (Å²) in [4.78, 5) is 15.6. The number of rotatable bonds is 4. The van der Waals surface area contributed by atoms with Crippen molar-refractivity contribution in [2.45, 2.75) is 32.8 Å². The van der Waals surface area contributed by atoms with Crippen molar-refractivity contribution in [3.63, 3.8) is 0 Å². The maximum absolute atomic E-state index is 11.2. The molecule has 0 aliphatic heterocycles. The molecule has 2 aromatic rings. The first-order chi connectivity index (χ1) is 8.48. The van der Waals surface area contributed by atoms with E-state index in [2.05, 4.69) is 4.98 Å². The van der Waals surface area contributed by atoms with Gasteiger partial charge in [-0.1, -0.05) is 18.2 Å². The number of ketones is 1. The van der Waals surface area contributed by atoms with E-state index in [9.17, 15) is 4.79 Å². The van der Waals surface area contributed by atoms with Crippen molar-refractivity contribution in [3.8, 4) is 5.75 Å². The van der Waals surface area contributed by atoms with Gasteiger partial charge in [0.15, 0.2) is 0 Å². The fourth-order valence-electron chi connectivity index (χ4n) is 2.09. The van der Waals surface area contributed by atoms with E-state index in [1.54, 1.807) is 13.1 Å². The summed E-state index contributed by atoms with van der Waals surface area (Å²) in [6.45, 7) is 5.40. The van der Waals surface area contributed by atoms with Crippen LogP contribution in [-0.4, -0.2) is 16.4 Å². The van der Waals surface area contributed by atoms with Crippen LogP contribution in [0.15, 0.2) is 36.5 Å². The normalized spacial score (nSPS) is 11.5. The van der Waals surface area contributed by atoms with Crippen molar-refractivity contribution in [3.05, 3.63) is 36.5 Å². The maximum atomic E-state index is 11.2. The van der Waals surface area contributed by atoms with Crippen LogP contribution in [0.3, 0.4) is 0 Å². The zero-order chi connectivity index (χ0) is 13.2. The Hall–Kier alpha value is -1.90. The summed E-state index contributed by atoms with van der Waals surface area (Å²) in [7, 11) is 0. The van der Waals surface area contributed by atoms with Gasteiger partial charge in [-0.3, -0.25) is 9.78 Å². The first-order valence-corrected chi connectivity index (χ1v) is 6.00. The lowest BCUT2D eigenvalue weighted by Gasteiger charge is -2.25. The number of hydrogen-bond acceptors (Lipinski definition) is 3. The standard InChI is InChI=1S/C15H17NO2/c1-11(17)10-15(2,3)18-13-8-4-6-12-7-5-9-16-14(12)13/h4-9H,10H2,1-3H3. The zero-order valence-electron chi connectivity index (χ0n) is 10.9. The number of carbonyl (C=O) groups excluding carboxylic acids is 1. The van der Waals surface area contributed by atoms with Gasteiger partial charge in [0.25, 0.3) is 0 Å². The fourth-order valence-corrected chi connectivity index (χ4v) is 2.09. The van der Waals surface area contributed by atoms with Crippen LogP contribution in [0.4, 0.5) is 0 Å². The smallest absolute Gasteiger partial charge is 0.146 e. The van der Waals surface area contributed by atoms with Crippen molar-refractivity contribution in [2.75, 3.05) is 0 Å². The first kappa shape index (κ1) is 12.6. The van der Waals surface area contributed by atoms with E-state index in [0.29, 0.717) is 6.42 Å². The van der Waals surface area contributed by atoms with Gasteiger partial charge in [0.2, 0.25) is 0 Å². The molecule has 18 heavy (non-hydrogen) atoms. The van der Waals surface area contributed by atoms with Crippen LogP contribution in [0.2, 0.25) is 0 Å². The van der Waals surface area contributed by atoms with Crippen molar-refractivity contribution >= 4 is 16.7 Å². The van der Waals surface area contributed by atoms with Crippen molar-refractivity contribution < 1.29 is 9.53 Å². The Balaban J connectivity index is 2.34. The number of Topliss-reactive ketones (excluding diaryl/α,β-unsaturated/α-hetero) is 1. The molecule has 0 radical (unpaired) electrons. The second kappa shape index (κ2) is 4.77. The monoisotopic (exact) mass is 243 g/mol. The molecule has 1 aromatic heterocycles. The number of para-hydroxylation sites is 1. The molecule has 0 saturated carbocycles. The highest BCUT2D eigenvalue weighted by molar-refractivity contribution is 5.84. The second-order valence-electron chi connectivity index (χ2n) is 5.07. The van der Waals surface area contributed by atoms with E-state index in [1.165, 1.54) is 0 Å². The summed E-state index contributed by atoms with van der Waals surface area (Å²) in [5.41, 5.74) is 0.314. The molecule has 0 aliphatic carbocycles. The van der Waals surface area contributed by atoms with E-state index in [1.807, 2.05) is 44.2 Å². The first-order valence-electron chi connectivity index (χ1n) is 6.00. The SMILES string of the molecule is CC(=O)CC(C)(C)Oc1cccc2cccnc12. The van der Waals surface area contributed by atoms with Gasteiger partial charge in [-0.25, -0.2) is 0 Å². The molecule has 0 aliphatic rings. The number of fused-ring (bicyclic) bond motifs is 1. The third kappa shape index (κ3) is 2.86. The minimum Gasteiger partial charge on any atom is -0.485 e. The van der Waals surface area contributed by atoms with Gasteiger partial charge >= 0.3 is 0 Å². The van der Waals surface area contributed by atoms with E-state index < -0.39 is 5.60 Å². The van der Waals surface area contributed by atoms with E-state index in [-0.39, 0.29) is 5.78 Å². The summed E-state index contributed by atoms with van der Waals surface area (Å²) in [6, 6.07) is 9.70. The molecular weight excluding hydrogens is 226 g/mol. The summed E-state index contributed by atoms with van der Waals surface area (Å²) >= 11 is 0. The van der Waals surface area contributed by atoms with Gasteiger partial charge < -0.3 is 4.74 Å². The summed E-state index contributed by atoms with van der Waals surface area (Å²) in [6.07, 6.45) is 2.13. The number of hydrogen-bond donors (Lipinski definition) is 0. The lowest BCUT2D eigenvalue weighted by atomic mass is 10.0. The van der Waals surface area contributed by atoms with Crippen LogP contribution < -0.4 is 4.74 Å². The van der Waals surface area contributed by atoms with Gasteiger partial charge in [-0.15, -0.1) is 0 Å². The summed E-state index contributed by atoms with van der Waals surface area (Å²) in [5, 5.41) is 1.04. The zero-order valence-corrected chi connectivity index (χ0v) is 10.9. The van der Waals surface area contributed by atoms with Crippen LogP contribution in [0.1, 0.15) is 27.2 Å². The van der Waals surface area contributed by atoms with Crippen LogP contribution >= 0.6 is 0 Å². The maximum Gasteiger partial charge on any atom is 0.146 e. The molecule has 0 unspecified atom stereocenters. The van der Waals surface area contributed by atoms with Gasteiger partial charge in [0.1, 0.15) is 22.7 Å². The van der Waals surface area contributed by atoms with Gasteiger partial charge in [-0.05, 0) is 32.9 Å². The fraction of sp³-hybridized carbons (Fsp3) is 0.333. The molecule has 2 rings (SSSR count). The van der Waals surface area contributed by atoms with Crippen molar-refractivity contribution in [1.82, 2.24) is 4.98 Å². The second-order valence-corrected chi connectivity index (χ2v) is 5.07. The molecule has 3 nitrogen and oxygen atoms in total. The van der Waals surface area contributed by atoms with Gasteiger partial charge in [0.05, 0.1) is 0 Å². The topological polar surface area (TPSA) is 39.2 Å². The molecule has 0 bridgehead atoms. The number of benzene rings is 1. The largest absolute Gasteiger partial charge is 0.485 e. The van der Waals surface area contributed by atoms with E-state index >= 15 is 0 Å². The highest BCUT2D eigenvalue weighted by atomic mass is 16.5. The molecule has 0 fully saturated rings. The molecule has 0 saturated heterocycles. The highest BCUT2D eigenvalue weighted by Crippen LogP contribution is 2.27. The van der Waals surface area contributed by atoms with Crippen molar-refractivity contribution in [1.29, 1.82) is 0 Å². The number of nitrogens with zero attached hydrogens (tertiary/aromatic N) is 1. The number of ether oxygens (including phenoxy) is 1. The Morgan fingerprint density at radius 2 is 2.00 bits per heavy atom. The Bertz CT molecular complexity index is 570. The van der Waals surface area contributed by atoms with Gasteiger partial charge in [-0.2, -0.15) is 0 Å². The predicted molar refractivity (Wildman–Crippen MR) is 71.7 cm³/mol. The third-order valence-electron chi connectivity index (χ3n) is 2.66. The molecule has 0 atom stereocenters. The Morgan fingerprint density at radius 3 is 2.72 bits per heavy atom.